The fraction of sp³-hybridized carbons (Fsp3) is 0.889. The summed E-state index contributed by atoms with van der Waals surface area (Å²) in [4.78, 5) is 12.7. The van der Waals surface area contributed by atoms with E-state index in [4.69, 9.17) is 5.73 Å². The number of hydrogen-bond acceptors (Lipinski definition) is 1. The predicted octanol–water partition coefficient (Wildman–Crippen LogP) is 2.14. The van der Waals surface area contributed by atoms with Gasteiger partial charge in [-0.15, -0.1) is 12.4 Å². The van der Waals surface area contributed by atoms with Gasteiger partial charge in [-0.05, 0) is 19.3 Å². The third-order valence-electron chi connectivity index (χ3n) is 2.27. The molecule has 1 fully saturated rings. The SMILES string of the molecule is CCCCCN(C(N)=O)C1CC1.Cl. The first-order valence-electron chi connectivity index (χ1n) is 4.81. The molecule has 0 spiro atoms. The van der Waals surface area contributed by atoms with Crippen LogP contribution in [-0.2, 0) is 0 Å². The summed E-state index contributed by atoms with van der Waals surface area (Å²) in [5.41, 5.74) is 5.25. The Morgan fingerprint density at radius 3 is 2.46 bits per heavy atom. The third-order valence-corrected chi connectivity index (χ3v) is 2.27. The Morgan fingerprint density at radius 1 is 1.46 bits per heavy atom. The molecule has 1 aliphatic carbocycles. The van der Waals surface area contributed by atoms with Gasteiger partial charge in [-0.25, -0.2) is 4.79 Å². The third kappa shape index (κ3) is 4.36. The van der Waals surface area contributed by atoms with E-state index in [1.54, 1.807) is 0 Å². The van der Waals surface area contributed by atoms with Crippen LogP contribution in [0.15, 0.2) is 0 Å². The molecule has 78 valence electrons. The van der Waals surface area contributed by atoms with E-state index in [0.29, 0.717) is 6.04 Å². The zero-order chi connectivity index (χ0) is 8.97. The molecule has 3 nitrogen and oxygen atoms in total. The molecule has 0 aromatic heterocycles. The minimum Gasteiger partial charge on any atom is -0.351 e. The topological polar surface area (TPSA) is 46.3 Å². The first-order chi connectivity index (χ1) is 5.75. The average molecular weight is 207 g/mol. The van der Waals surface area contributed by atoms with Crippen molar-refractivity contribution in [2.45, 2.75) is 45.1 Å². The van der Waals surface area contributed by atoms with Crippen molar-refractivity contribution >= 4 is 18.4 Å². The van der Waals surface area contributed by atoms with E-state index in [2.05, 4.69) is 6.92 Å². The second-order valence-corrected chi connectivity index (χ2v) is 3.47. The minimum atomic E-state index is -0.242. The number of amides is 2. The lowest BCUT2D eigenvalue weighted by atomic mass is 10.2. The monoisotopic (exact) mass is 206 g/mol. The molecule has 1 aliphatic rings. The van der Waals surface area contributed by atoms with E-state index < -0.39 is 0 Å². The van der Waals surface area contributed by atoms with Crippen molar-refractivity contribution in [2.24, 2.45) is 5.73 Å². The maximum Gasteiger partial charge on any atom is 0.315 e. The van der Waals surface area contributed by atoms with Crippen molar-refractivity contribution in [1.29, 1.82) is 0 Å². The van der Waals surface area contributed by atoms with Gasteiger partial charge in [-0.3, -0.25) is 0 Å². The Hall–Kier alpha value is -0.440. The van der Waals surface area contributed by atoms with Crippen molar-refractivity contribution in [1.82, 2.24) is 4.90 Å². The van der Waals surface area contributed by atoms with Gasteiger partial charge in [-0.1, -0.05) is 19.8 Å². The second-order valence-electron chi connectivity index (χ2n) is 3.47. The highest BCUT2D eigenvalue weighted by Crippen LogP contribution is 2.26. The number of carbonyl (C=O) groups is 1. The van der Waals surface area contributed by atoms with Crippen LogP contribution in [0.3, 0.4) is 0 Å². The van der Waals surface area contributed by atoms with E-state index in [-0.39, 0.29) is 18.4 Å². The molecule has 0 saturated heterocycles. The molecule has 1 saturated carbocycles. The van der Waals surface area contributed by atoms with Crippen LogP contribution in [0, 0.1) is 0 Å². The highest BCUT2D eigenvalue weighted by molar-refractivity contribution is 5.85. The van der Waals surface area contributed by atoms with E-state index in [9.17, 15) is 4.79 Å². The molecule has 0 aromatic rings. The molecule has 0 bridgehead atoms. The molecule has 0 aliphatic heterocycles. The molecule has 2 amide bonds. The summed E-state index contributed by atoms with van der Waals surface area (Å²) in [5.74, 6) is 0. The lowest BCUT2D eigenvalue weighted by Gasteiger charge is -2.19. The zero-order valence-corrected chi connectivity index (χ0v) is 8.98. The van der Waals surface area contributed by atoms with Gasteiger partial charge in [0.2, 0.25) is 0 Å². The Labute approximate surface area is 86.1 Å². The van der Waals surface area contributed by atoms with Gasteiger partial charge in [0.25, 0.3) is 0 Å². The number of rotatable bonds is 5. The maximum absolute atomic E-state index is 10.9. The van der Waals surface area contributed by atoms with Crippen molar-refractivity contribution in [3.8, 4) is 0 Å². The number of urea groups is 1. The van der Waals surface area contributed by atoms with Crippen LogP contribution >= 0.6 is 12.4 Å². The first kappa shape index (κ1) is 12.6. The minimum absolute atomic E-state index is 0. The van der Waals surface area contributed by atoms with Gasteiger partial charge in [-0.2, -0.15) is 0 Å². The first-order valence-corrected chi connectivity index (χ1v) is 4.81. The van der Waals surface area contributed by atoms with E-state index >= 15 is 0 Å². The summed E-state index contributed by atoms with van der Waals surface area (Å²) >= 11 is 0. The van der Waals surface area contributed by atoms with Gasteiger partial charge in [0.1, 0.15) is 0 Å². The number of carbonyl (C=O) groups excluding carboxylic acids is 1. The molecule has 0 radical (unpaired) electrons. The van der Waals surface area contributed by atoms with Crippen LogP contribution in [0.5, 0.6) is 0 Å². The summed E-state index contributed by atoms with van der Waals surface area (Å²) < 4.78 is 0. The van der Waals surface area contributed by atoms with Gasteiger partial charge < -0.3 is 10.6 Å². The molecular formula is C9H19ClN2O. The van der Waals surface area contributed by atoms with Crippen molar-refractivity contribution in [3.63, 3.8) is 0 Å². The molecule has 0 heterocycles. The lowest BCUT2D eigenvalue weighted by Crippen LogP contribution is -2.38. The number of halogens is 1. The van der Waals surface area contributed by atoms with Gasteiger partial charge in [0, 0.05) is 12.6 Å². The van der Waals surface area contributed by atoms with E-state index in [1.807, 2.05) is 4.90 Å². The van der Waals surface area contributed by atoms with Gasteiger partial charge in [0.15, 0.2) is 0 Å². The Balaban J connectivity index is 0.00000144. The number of nitrogens with zero attached hydrogens (tertiary/aromatic N) is 1. The summed E-state index contributed by atoms with van der Waals surface area (Å²) in [6, 6.07) is 0.230. The molecule has 0 unspecified atom stereocenters. The average Bonchev–Trinajstić information content (AvgIpc) is 2.80. The fourth-order valence-electron chi connectivity index (χ4n) is 1.39. The van der Waals surface area contributed by atoms with E-state index in [0.717, 1.165) is 25.8 Å². The Kier molecular flexibility index (Phi) is 5.88. The summed E-state index contributed by atoms with van der Waals surface area (Å²) in [7, 11) is 0. The fourth-order valence-corrected chi connectivity index (χ4v) is 1.39. The predicted molar refractivity (Wildman–Crippen MR) is 56.1 cm³/mol. The van der Waals surface area contributed by atoms with Crippen molar-refractivity contribution in [3.05, 3.63) is 0 Å². The molecule has 2 N–H and O–H groups in total. The molecule has 0 atom stereocenters. The molecule has 0 aromatic carbocycles. The lowest BCUT2D eigenvalue weighted by molar-refractivity contribution is 0.203. The van der Waals surface area contributed by atoms with Gasteiger partial charge >= 0.3 is 6.03 Å². The number of unbranched alkanes of at least 4 members (excludes halogenated alkanes) is 2. The molecule has 1 rings (SSSR count). The van der Waals surface area contributed by atoms with Crippen LogP contribution in [0.1, 0.15) is 39.0 Å². The molecule has 4 heteroatoms. The van der Waals surface area contributed by atoms with Gasteiger partial charge in [0.05, 0.1) is 0 Å². The van der Waals surface area contributed by atoms with Crippen molar-refractivity contribution < 1.29 is 4.79 Å². The largest absolute Gasteiger partial charge is 0.351 e. The standard InChI is InChI=1S/C9H18N2O.ClH/c1-2-3-4-7-11(9(10)12)8-5-6-8;/h8H,2-7H2,1H3,(H2,10,12);1H. The number of hydrogen-bond donors (Lipinski definition) is 1. The number of nitrogens with two attached hydrogens (primary N) is 1. The summed E-state index contributed by atoms with van der Waals surface area (Å²) in [6.07, 6.45) is 5.77. The molecular weight excluding hydrogens is 188 g/mol. The zero-order valence-electron chi connectivity index (χ0n) is 8.16. The maximum atomic E-state index is 10.9. The van der Waals surface area contributed by atoms with Crippen LogP contribution in [0.25, 0.3) is 0 Å². The Bertz CT molecular complexity index is 160. The number of primary amides is 1. The smallest absolute Gasteiger partial charge is 0.315 e. The van der Waals surface area contributed by atoms with Crippen LogP contribution < -0.4 is 5.73 Å². The van der Waals surface area contributed by atoms with E-state index in [1.165, 1.54) is 12.8 Å². The van der Waals surface area contributed by atoms with Crippen LogP contribution in [-0.4, -0.2) is 23.5 Å². The summed E-state index contributed by atoms with van der Waals surface area (Å²) in [6.45, 7) is 3.01. The molecule has 13 heavy (non-hydrogen) atoms. The van der Waals surface area contributed by atoms with Crippen LogP contribution in [0.4, 0.5) is 4.79 Å². The Morgan fingerprint density at radius 2 is 2.08 bits per heavy atom. The van der Waals surface area contributed by atoms with Crippen molar-refractivity contribution in [2.75, 3.05) is 6.54 Å². The second kappa shape index (κ2) is 6.08. The quantitative estimate of drug-likeness (QED) is 0.689. The normalized spacial score (nSPS) is 14.8. The highest BCUT2D eigenvalue weighted by Gasteiger charge is 2.30. The highest BCUT2D eigenvalue weighted by atomic mass is 35.5. The van der Waals surface area contributed by atoms with Crippen LogP contribution in [0.2, 0.25) is 0 Å². The summed E-state index contributed by atoms with van der Waals surface area (Å²) in [5, 5.41) is 0.